The zero-order valence-electron chi connectivity index (χ0n) is 8.19. The van der Waals surface area contributed by atoms with Crippen molar-refractivity contribution in [2.45, 2.75) is 25.3 Å². The third-order valence-electron chi connectivity index (χ3n) is 2.80. The molecule has 0 bridgehead atoms. The van der Waals surface area contributed by atoms with Crippen LogP contribution in [0.5, 0.6) is 0 Å². The van der Waals surface area contributed by atoms with Crippen molar-refractivity contribution in [3.8, 4) is 0 Å². The lowest BCUT2D eigenvalue weighted by atomic mass is 10.0. The van der Waals surface area contributed by atoms with E-state index in [0.717, 1.165) is 12.4 Å². The number of hydrogen-bond acceptors (Lipinski definition) is 2. The normalized spacial score (nSPS) is 22.4. The molecule has 2 nitrogen and oxygen atoms in total. The summed E-state index contributed by atoms with van der Waals surface area (Å²) in [5, 5.41) is 0. The van der Waals surface area contributed by atoms with Gasteiger partial charge in [-0.15, -0.1) is 11.6 Å². The molecule has 2 rings (SSSR count). The number of rotatable bonds is 2. The zero-order chi connectivity index (χ0) is 9.80. The van der Waals surface area contributed by atoms with Crippen LogP contribution in [0.25, 0.3) is 0 Å². The van der Waals surface area contributed by atoms with E-state index in [0.29, 0.717) is 6.04 Å². The first-order valence-electron chi connectivity index (χ1n) is 5.14. The minimum Gasteiger partial charge on any atom is -0.367 e. The molecule has 1 aromatic rings. The van der Waals surface area contributed by atoms with Crippen LogP contribution in [0.2, 0.25) is 0 Å². The maximum Gasteiger partial charge on any atom is 0.0427 e. The predicted molar refractivity (Wildman–Crippen MR) is 59.9 cm³/mol. The number of anilines is 1. The van der Waals surface area contributed by atoms with Crippen molar-refractivity contribution in [3.63, 3.8) is 0 Å². The molecule has 1 unspecified atom stereocenters. The maximum atomic E-state index is 5.97. The van der Waals surface area contributed by atoms with E-state index in [-0.39, 0.29) is 0 Å². The summed E-state index contributed by atoms with van der Waals surface area (Å²) < 4.78 is 0. The first-order valence-corrected chi connectivity index (χ1v) is 5.68. The molecule has 0 saturated carbocycles. The lowest BCUT2D eigenvalue weighted by molar-refractivity contribution is 0.488. The Morgan fingerprint density at radius 1 is 1.36 bits per heavy atom. The van der Waals surface area contributed by atoms with E-state index in [1.54, 1.807) is 0 Å². The van der Waals surface area contributed by atoms with Gasteiger partial charge in [0.2, 0.25) is 0 Å². The van der Waals surface area contributed by atoms with Crippen molar-refractivity contribution in [1.29, 1.82) is 0 Å². The fourth-order valence-electron chi connectivity index (χ4n) is 2.04. The average molecular weight is 211 g/mol. The Morgan fingerprint density at radius 2 is 2.14 bits per heavy atom. The molecule has 0 N–H and O–H groups in total. The van der Waals surface area contributed by atoms with Gasteiger partial charge in [0.05, 0.1) is 0 Å². The Morgan fingerprint density at radius 3 is 2.86 bits per heavy atom. The molecule has 1 saturated heterocycles. The Kier molecular flexibility index (Phi) is 3.25. The molecule has 1 fully saturated rings. The van der Waals surface area contributed by atoms with Gasteiger partial charge in [0.25, 0.3) is 0 Å². The quantitative estimate of drug-likeness (QED) is 0.698. The van der Waals surface area contributed by atoms with Crippen LogP contribution in [0.15, 0.2) is 24.5 Å². The van der Waals surface area contributed by atoms with Gasteiger partial charge >= 0.3 is 0 Å². The van der Waals surface area contributed by atoms with Crippen LogP contribution in [0, 0.1) is 0 Å². The number of aromatic nitrogens is 1. The van der Waals surface area contributed by atoms with Crippen LogP contribution in [0.3, 0.4) is 0 Å². The summed E-state index contributed by atoms with van der Waals surface area (Å²) in [4.78, 5) is 6.43. The summed E-state index contributed by atoms with van der Waals surface area (Å²) in [7, 11) is 0. The van der Waals surface area contributed by atoms with E-state index in [1.807, 2.05) is 12.4 Å². The fourth-order valence-corrected chi connectivity index (χ4v) is 2.36. The lowest BCUT2D eigenvalue weighted by Crippen LogP contribution is -2.40. The first-order chi connectivity index (χ1) is 6.92. The molecule has 0 aromatic carbocycles. The van der Waals surface area contributed by atoms with Crippen LogP contribution in [0.1, 0.15) is 19.3 Å². The van der Waals surface area contributed by atoms with Crippen LogP contribution >= 0.6 is 11.6 Å². The molecule has 3 heteroatoms. The summed E-state index contributed by atoms with van der Waals surface area (Å²) in [5.41, 5.74) is 1.25. The Labute approximate surface area is 89.9 Å². The van der Waals surface area contributed by atoms with Gasteiger partial charge in [-0.2, -0.15) is 0 Å². The number of pyridine rings is 1. The molecular weight excluding hydrogens is 196 g/mol. The van der Waals surface area contributed by atoms with Crippen molar-refractivity contribution in [2.75, 3.05) is 17.3 Å². The fraction of sp³-hybridized carbons (Fsp3) is 0.545. The van der Waals surface area contributed by atoms with Crippen molar-refractivity contribution >= 4 is 17.3 Å². The van der Waals surface area contributed by atoms with Crippen LogP contribution in [-0.4, -0.2) is 23.5 Å². The molecule has 0 radical (unpaired) electrons. The largest absolute Gasteiger partial charge is 0.367 e. The third-order valence-corrected chi connectivity index (χ3v) is 3.16. The monoisotopic (exact) mass is 210 g/mol. The summed E-state index contributed by atoms with van der Waals surface area (Å²) in [6.07, 6.45) is 7.48. The minimum absolute atomic E-state index is 0.507. The maximum absolute atomic E-state index is 5.97. The molecule has 0 amide bonds. The van der Waals surface area contributed by atoms with E-state index < -0.39 is 0 Å². The van der Waals surface area contributed by atoms with E-state index in [2.05, 4.69) is 22.0 Å². The SMILES string of the molecule is ClCC1CCCCN1c1ccncc1. The van der Waals surface area contributed by atoms with E-state index in [9.17, 15) is 0 Å². The molecule has 14 heavy (non-hydrogen) atoms. The second-order valence-electron chi connectivity index (χ2n) is 3.70. The van der Waals surface area contributed by atoms with E-state index in [1.165, 1.54) is 24.9 Å². The smallest absolute Gasteiger partial charge is 0.0427 e. The zero-order valence-corrected chi connectivity index (χ0v) is 8.95. The highest BCUT2D eigenvalue weighted by atomic mass is 35.5. The van der Waals surface area contributed by atoms with Crippen molar-refractivity contribution in [1.82, 2.24) is 4.98 Å². The Balaban J connectivity index is 2.15. The van der Waals surface area contributed by atoms with Crippen molar-refractivity contribution in [2.24, 2.45) is 0 Å². The molecule has 2 heterocycles. The van der Waals surface area contributed by atoms with Gasteiger partial charge in [-0.3, -0.25) is 4.98 Å². The topological polar surface area (TPSA) is 16.1 Å². The highest BCUT2D eigenvalue weighted by Crippen LogP contribution is 2.24. The molecular formula is C11H15ClN2. The van der Waals surface area contributed by atoms with Gasteiger partial charge < -0.3 is 4.90 Å². The van der Waals surface area contributed by atoms with Crippen LogP contribution < -0.4 is 4.90 Å². The number of halogens is 1. The first kappa shape index (κ1) is 9.78. The van der Waals surface area contributed by atoms with Crippen molar-refractivity contribution < 1.29 is 0 Å². The third kappa shape index (κ3) is 2.01. The molecule has 0 aliphatic carbocycles. The molecule has 1 atom stereocenters. The summed E-state index contributed by atoms with van der Waals surface area (Å²) in [5.74, 6) is 0.725. The molecule has 1 aliphatic heterocycles. The highest BCUT2D eigenvalue weighted by molar-refractivity contribution is 6.18. The molecule has 76 valence electrons. The number of nitrogens with zero attached hydrogens (tertiary/aromatic N) is 2. The second kappa shape index (κ2) is 4.65. The van der Waals surface area contributed by atoms with Gasteiger partial charge in [-0.05, 0) is 31.4 Å². The number of alkyl halides is 1. The highest BCUT2D eigenvalue weighted by Gasteiger charge is 2.21. The second-order valence-corrected chi connectivity index (χ2v) is 4.01. The number of piperidine rings is 1. The van der Waals surface area contributed by atoms with Gasteiger partial charge in [-0.1, -0.05) is 0 Å². The molecule has 1 aromatic heterocycles. The average Bonchev–Trinajstić information content (AvgIpc) is 2.30. The van der Waals surface area contributed by atoms with Crippen LogP contribution in [0.4, 0.5) is 5.69 Å². The van der Waals surface area contributed by atoms with Gasteiger partial charge in [0.1, 0.15) is 0 Å². The van der Waals surface area contributed by atoms with Gasteiger partial charge in [-0.25, -0.2) is 0 Å². The number of hydrogen-bond donors (Lipinski definition) is 0. The predicted octanol–water partition coefficient (Wildman–Crippen LogP) is 2.68. The van der Waals surface area contributed by atoms with Gasteiger partial charge in [0, 0.05) is 36.5 Å². The van der Waals surface area contributed by atoms with Crippen molar-refractivity contribution in [3.05, 3.63) is 24.5 Å². The van der Waals surface area contributed by atoms with E-state index in [4.69, 9.17) is 11.6 Å². The molecule has 1 aliphatic rings. The van der Waals surface area contributed by atoms with Gasteiger partial charge in [0.15, 0.2) is 0 Å². The molecule has 0 spiro atoms. The minimum atomic E-state index is 0.507. The summed E-state index contributed by atoms with van der Waals surface area (Å²) in [6.45, 7) is 1.13. The summed E-state index contributed by atoms with van der Waals surface area (Å²) >= 11 is 5.97. The summed E-state index contributed by atoms with van der Waals surface area (Å²) in [6, 6.07) is 4.63. The van der Waals surface area contributed by atoms with E-state index >= 15 is 0 Å². The van der Waals surface area contributed by atoms with Crippen LogP contribution in [-0.2, 0) is 0 Å². The Hall–Kier alpha value is -0.760. The standard InChI is InChI=1S/C11H15ClN2/c12-9-11-3-1-2-8-14(11)10-4-6-13-7-5-10/h4-7,11H,1-3,8-9H2. The Bertz CT molecular complexity index is 276. The lowest BCUT2D eigenvalue weighted by Gasteiger charge is -2.36.